The number of hydrogen-bond acceptors (Lipinski definition) is 2. The number of nitrogens with zero attached hydrogens (tertiary/aromatic N) is 1. The molecule has 2 rings (SSSR count). The van der Waals surface area contributed by atoms with Gasteiger partial charge in [-0.3, -0.25) is 4.90 Å². The second-order valence-corrected chi connectivity index (χ2v) is 6.99. The maximum atomic E-state index is 6.19. The van der Waals surface area contributed by atoms with Crippen molar-refractivity contribution in [2.24, 2.45) is 23.5 Å². The second-order valence-electron chi connectivity index (χ2n) is 6.99. The van der Waals surface area contributed by atoms with Crippen LogP contribution >= 0.6 is 0 Å². The Hall–Kier alpha value is -0.0800. The van der Waals surface area contributed by atoms with Crippen LogP contribution < -0.4 is 5.73 Å². The van der Waals surface area contributed by atoms with Gasteiger partial charge in [-0.05, 0) is 62.8 Å². The lowest BCUT2D eigenvalue weighted by atomic mass is 9.72. The van der Waals surface area contributed by atoms with Crippen LogP contribution in [0.3, 0.4) is 0 Å². The predicted octanol–water partition coefficient (Wildman–Crippen LogP) is 3.26. The van der Waals surface area contributed by atoms with E-state index in [1.54, 1.807) is 0 Å². The number of likely N-dealkylation sites (N-methyl/N-ethyl adjacent to an activating group) is 1. The first-order chi connectivity index (χ1) is 8.61. The van der Waals surface area contributed by atoms with Crippen LogP contribution in [0.5, 0.6) is 0 Å². The highest BCUT2D eigenvalue weighted by molar-refractivity contribution is 4.97. The van der Waals surface area contributed by atoms with Gasteiger partial charge in [0.15, 0.2) is 0 Å². The van der Waals surface area contributed by atoms with Crippen LogP contribution in [0.2, 0.25) is 0 Å². The highest BCUT2D eigenvalue weighted by Gasteiger charge is 2.40. The Morgan fingerprint density at radius 1 is 1.17 bits per heavy atom. The average molecular weight is 252 g/mol. The molecule has 0 aromatic rings. The Morgan fingerprint density at radius 3 is 2.17 bits per heavy atom. The number of nitrogens with two attached hydrogens (primary N) is 1. The number of hydrogen-bond donors (Lipinski definition) is 1. The first-order valence-corrected chi connectivity index (χ1v) is 8.06. The zero-order valence-electron chi connectivity index (χ0n) is 12.6. The molecule has 0 aliphatic heterocycles. The lowest BCUT2D eigenvalue weighted by Gasteiger charge is -2.48. The summed E-state index contributed by atoms with van der Waals surface area (Å²) in [4.78, 5) is 2.72. The number of rotatable bonds is 6. The minimum Gasteiger partial charge on any atom is -0.329 e. The van der Waals surface area contributed by atoms with Crippen molar-refractivity contribution in [3.8, 4) is 0 Å². The molecule has 0 aromatic heterocycles. The molecule has 0 unspecified atom stereocenters. The van der Waals surface area contributed by atoms with Crippen molar-refractivity contribution >= 4 is 0 Å². The average Bonchev–Trinajstić information content (AvgIpc) is 3.20. The summed E-state index contributed by atoms with van der Waals surface area (Å²) in [6.07, 6.45) is 8.32. The van der Waals surface area contributed by atoms with E-state index in [-0.39, 0.29) is 0 Å². The van der Waals surface area contributed by atoms with Crippen LogP contribution in [-0.2, 0) is 0 Å². The van der Waals surface area contributed by atoms with Gasteiger partial charge in [-0.1, -0.05) is 20.8 Å². The lowest BCUT2D eigenvalue weighted by molar-refractivity contribution is 0.0351. The molecule has 2 saturated carbocycles. The molecule has 0 bridgehead atoms. The van der Waals surface area contributed by atoms with Gasteiger partial charge in [0.1, 0.15) is 0 Å². The lowest BCUT2D eigenvalue weighted by Crippen LogP contribution is -2.56. The first-order valence-electron chi connectivity index (χ1n) is 8.06. The van der Waals surface area contributed by atoms with Gasteiger partial charge in [-0.15, -0.1) is 0 Å². The largest absolute Gasteiger partial charge is 0.329 e. The van der Waals surface area contributed by atoms with Crippen LogP contribution in [0, 0.1) is 17.8 Å². The van der Waals surface area contributed by atoms with Gasteiger partial charge in [0.05, 0.1) is 0 Å². The Kier molecular flexibility index (Phi) is 4.71. The van der Waals surface area contributed by atoms with Crippen LogP contribution in [0.25, 0.3) is 0 Å². The first kappa shape index (κ1) is 14.3. The molecule has 2 fully saturated rings. The van der Waals surface area contributed by atoms with Crippen LogP contribution in [0.15, 0.2) is 0 Å². The molecule has 0 heterocycles. The SMILES string of the molecule is CCN(CC1CC1)C1(CN)CCC(C(C)C)CC1. The standard InChI is InChI=1S/C16H32N2/c1-4-18(11-14-5-6-14)16(12-17)9-7-15(8-10-16)13(2)3/h13-15H,4-12,17H2,1-3H3. The van der Waals surface area contributed by atoms with E-state index in [0.717, 1.165) is 24.3 Å². The summed E-state index contributed by atoms with van der Waals surface area (Å²) in [6.45, 7) is 10.4. The fourth-order valence-corrected chi connectivity index (χ4v) is 3.76. The molecule has 106 valence electrons. The van der Waals surface area contributed by atoms with Crippen molar-refractivity contribution in [1.29, 1.82) is 0 Å². The van der Waals surface area contributed by atoms with Crippen molar-refractivity contribution < 1.29 is 0 Å². The Morgan fingerprint density at radius 2 is 1.78 bits per heavy atom. The zero-order chi connectivity index (χ0) is 13.2. The third-order valence-corrected chi connectivity index (χ3v) is 5.51. The third kappa shape index (κ3) is 3.08. The van der Waals surface area contributed by atoms with Crippen molar-refractivity contribution in [2.45, 2.75) is 64.8 Å². The van der Waals surface area contributed by atoms with E-state index in [1.165, 1.54) is 51.6 Å². The molecule has 0 saturated heterocycles. The summed E-state index contributed by atoms with van der Waals surface area (Å²) < 4.78 is 0. The summed E-state index contributed by atoms with van der Waals surface area (Å²) in [7, 11) is 0. The maximum absolute atomic E-state index is 6.19. The topological polar surface area (TPSA) is 29.3 Å². The van der Waals surface area contributed by atoms with Gasteiger partial charge in [0.2, 0.25) is 0 Å². The fourth-order valence-electron chi connectivity index (χ4n) is 3.76. The van der Waals surface area contributed by atoms with E-state index in [9.17, 15) is 0 Å². The third-order valence-electron chi connectivity index (χ3n) is 5.51. The molecular weight excluding hydrogens is 220 g/mol. The Bertz CT molecular complexity index is 250. The van der Waals surface area contributed by atoms with E-state index in [2.05, 4.69) is 25.7 Å². The monoisotopic (exact) mass is 252 g/mol. The van der Waals surface area contributed by atoms with E-state index < -0.39 is 0 Å². The molecule has 0 amide bonds. The summed E-state index contributed by atoms with van der Waals surface area (Å²) in [6, 6.07) is 0. The molecule has 2 nitrogen and oxygen atoms in total. The normalized spacial score (nSPS) is 33.3. The maximum Gasteiger partial charge on any atom is 0.0331 e. The van der Waals surface area contributed by atoms with Gasteiger partial charge in [0.25, 0.3) is 0 Å². The minimum absolute atomic E-state index is 0.336. The second kappa shape index (κ2) is 5.92. The molecule has 2 aliphatic rings. The summed E-state index contributed by atoms with van der Waals surface area (Å²) in [5.41, 5.74) is 6.53. The van der Waals surface area contributed by atoms with Crippen LogP contribution in [-0.4, -0.2) is 30.1 Å². The molecule has 0 spiro atoms. The Balaban J connectivity index is 1.96. The van der Waals surface area contributed by atoms with E-state index in [0.29, 0.717) is 5.54 Å². The van der Waals surface area contributed by atoms with Crippen LogP contribution in [0.1, 0.15) is 59.3 Å². The molecule has 2 heteroatoms. The minimum atomic E-state index is 0.336. The molecule has 2 aliphatic carbocycles. The molecular formula is C16H32N2. The van der Waals surface area contributed by atoms with Crippen LogP contribution in [0.4, 0.5) is 0 Å². The van der Waals surface area contributed by atoms with Gasteiger partial charge in [-0.2, -0.15) is 0 Å². The van der Waals surface area contributed by atoms with E-state index in [4.69, 9.17) is 5.73 Å². The summed E-state index contributed by atoms with van der Waals surface area (Å²) >= 11 is 0. The fraction of sp³-hybridized carbons (Fsp3) is 1.00. The molecule has 0 radical (unpaired) electrons. The van der Waals surface area contributed by atoms with Crippen molar-refractivity contribution in [3.05, 3.63) is 0 Å². The van der Waals surface area contributed by atoms with Gasteiger partial charge in [0, 0.05) is 18.6 Å². The smallest absolute Gasteiger partial charge is 0.0331 e. The van der Waals surface area contributed by atoms with Crippen molar-refractivity contribution in [2.75, 3.05) is 19.6 Å². The molecule has 0 atom stereocenters. The predicted molar refractivity (Wildman–Crippen MR) is 78.6 cm³/mol. The van der Waals surface area contributed by atoms with Crippen molar-refractivity contribution in [1.82, 2.24) is 4.90 Å². The Labute approximate surface area is 113 Å². The summed E-state index contributed by atoms with van der Waals surface area (Å²) in [5, 5.41) is 0. The zero-order valence-corrected chi connectivity index (χ0v) is 12.6. The molecule has 18 heavy (non-hydrogen) atoms. The summed E-state index contributed by atoms with van der Waals surface area (Å²) in [5.74, 6) is 2.76. The van der Waals surface area contributed by atoms with Gasteiger partial charge >= 0.3 is 0 Å². The van der Waals surface area contributed by atoms with Crippen molar-refractivity contribution in [3.63, 3.8) is 0 Å². The molecule has 0 aromatic carbocycles. The molecule has 2 N–H and O–H groups in total. The van der Waals surface area contributed by atoms with E-state index >= 15 is 0 Å². The quantitative estimate of drug-likeness (QED) is 0.786. The van der Waals surface area contributed by atoms with Gasteiger partial charge in [-0.25, -0.2) is 0 Å². The van der Waals surface area contributed by atoms with Gasteiger partial charge < -0.3 is 5.73 Å². The van der Waals surface area contributed by atoms with E-state index in [1.807, 2.05) is 0 Å². The highest BCUT2D eigenvalue weighted by Crippen LogP contribution is 2.41. The highest BCUT2D eigenvalue weighted by atomic mass is 15.2.